The van der Waals surface area contributed by atoms with Crippen molar-refractivity contribution in [1.82, 2.24) is 20.2 Å². The molecule has 5 nitrogen and oxygen atoms in total. The highest BCUT2D eigenvalue weighted by Crippen LogP contribution is 1.99. The molecule has 0 fully saturated rings. The molecule has 0 atom stereocenters. The topological polar surface area (TPSA) is 54.2 Å². The van der Waals surface area contributed by atoms with Crippen LogP contribution < -0.4 is 10.6 Å². The quantitative estimate of drug-likeness (QED) is 0.431. The number of aliphatic imine (C=N–C) groups is 1. The van der Waals surface area contributed by atoms with Gasteiger partial charge in [-0.05, 0) is 26.0 Å². The Morgan fingerprint density at radius 2 is 2.16 bits per heavy atom. The Morgan fingerprint density at radius 3 is 2.79 bits per heavy atom. The van der Waals surface area contributed by atoms with Crippen LogP contribution in [0.2, 0.25) is 0 Å². The van der Waals surface area contributed by atoms with E-state index in [4.69, 9.17) is 0 Å². The second-order valence-electron chi connectivity index (χ2n) is 4.29. The van der Waals surface area contributed by atoms with Crippen molar-refractivity contribution in [2.45, 2.75) is 26.3 Å². The van der Waals surface area contributed by atoms with Crippen molar-refractivity contribution in [2.24, 2.45) is 4.99 Å². The number of aromatic nitrogens is 2. The summed E-state index contributed by atoms with van der Waals surface area (Å²) in [4.78, 5) is 8.41. The Hall–Kier alpha value is -1.17. The Bertz CT molecular complexity index is 375. The molecule has 6 heteroatoms. The van der Waals surface area contributed by atoms with Crippen molar-refractivity contribution in [3.8, 4) is 0 Å². The van der Waals surface area contributed by atoms with Gasteiger partial charge in [-0.2, -0.15) is 11.8 Å². The fourth-order valence-corrected chi connectivity index (χ4v) is 2.05. The highest BCUT2D eigenvalue weighted by Gasteiger charge is 1.98. The van der Waals surface area contributed by atoms with Crippen molar-refractivity contribution >= 4 is 17.7 Å². The third kappa shape index (κ3) is 6.52. The summed E-state index contributed by atoms with van der Waals surface area (Å²) in [5, 5.41) is 6.61. The van der Waals surface area contributed by atoms with E-state index in [1.165, 1.54) is 0 Å². The Kier molecular flexibility index (Phi) is 8.13. The summed E-state index contributed by atoms with van der Waals surface area (Å²) in [6.45, 7) is 4.98. The van der Waals surface area contributed by atoms with E-state index in [1.54, 1.807) is 0 Å². The van der Waals surface area contributed by atoms with E-state index >= 15 is 0 Å². The lowest BCUT2D eigenvalue weighted by Crippen LogP contribution is -2.38. The van der Waals surface area contributed by atoms with Crippen molar-refractivity contribution in [2.75, 3.05) is 32.1 Å². The van der Waals surface area contributed by atoms with Crippen LogP contribution in [0.15, 0.2) is 17.4 Å². The van der Waals surface area contributed by atoms with Gasteiger partial charge in [-0.3, -0.25) is 4.99 Å². The van der Waals surface area contributed by atoms with Crippen LogP contribution in [0, 0.1) is 6.92 Å². The molecular formula is C13H25N5S. The zero-order valence-corrected chi connectivity index (χ0v) is 13.0. The van der Waals surface area contributed by atoms with Crippen molar-refractivity contribution in [3.63, 3.8) is 0 Å². The zero-order chi connectivity index (χ0) is 13.9. The van der Waals surface area contributed by atoms with Gasteiger partial charge in [0.15, 0.2) is 5.96 Å². The van der Waals surface area contributed by atoms with Crippen LogP contribution in [0.3, 0.4) is 0 Å². The van der Waals surface area contributed by atoms with E-state index in [1.807, 2.05) is 38.1 Å². The number of aryl methyl sites for hydroxylation is 2. The van der Waals surface area contributed by atoms with E-state index < -0.39 is 0 Å². The molecule has 0 unspecified atom stereocenters. The average Bonchev–Trinajstić information content (AvgIpc) is 2.82. The maximum absolute atomic E-state index is 4.22. The molecule has 0 amide bonds. The minimum atomic E-state index is 0.896. The summed E-state index contributed by atoms with van der Waals surface area (Å²) >= 11 is 1.83. The number of hydrogen-bond donors (Lipinski definition) is 2. The number of nitrogens with zero attached hydrogens (tertiary/aromatic N) is 3. The Balaban J connectivity index is 2.07. The molecule has 19 heavy (non-hydrogen) atoms. The number of unbranched alkanes of at least 4 members (excludes halogenated alkanes) is 1. The highest BCUT2D eigenvalue weighted by molar-refractivity contribution is 7.98. The summed E-state index contributed by atoms with van der Waals surface area (Å²) in [5.74, 6) is 3.08. The number of thioether (sulfide) groups is 1. The lowest BCUT2D eigenvalue weighted by Gasteiger charge is -2.11. The van der Waals surface area contributed by atoms with Gasteiger partial charge in [0.05, 0.1) is 0 Å². The lowest BCUT2D eigenvalue weighted by atomic mass is 10.3. The van der Waals surface area contributed by atoms with Gasteiger partial charge < -0.3 is 15.2 Å². The van der Waals surface area contributed by atoms with Crippen LogP contribution in [-0.2, 0) is 6.54 Å². The maximum Gasteiger partial charge on any atom is 0.191 e. The fraction of sp³-hybridized carbons (Fsp3) is 0.692. The number of guanidine groups is 1. The van der Waals surface area contributed by atoms with E-state index in [0.29, 0.717) is 0 Å². The predicted octanol–water partition coefficient (Wildman–Crippen LogP) is 1.50. The Morgan fingerprint density at radius 1 is 1.37 bits per heavy atom. The third-order valence-electron chi connectivity index (χ3n) is 2.86. The SMILES string of the molecule is CN=C(NCCCCn1ccnc1C)NCCSC. The van der Waals surface area contributed by atoms with Crippen LogP contribution in [0.25, 0.3) is 0 Å². The van der Waals surface area contributed by atoms with Crippen LogP contribution >= 0.6 is 11.8 Å². The number of hydrogen-bond acceptors (Lipinski definition) is 3. The van der Waals surface area contributed by atoms with Gasteiger partial charge in [0.2, 0.25) is 0 Å². The van der Waals surface area contributed by atoms with Gasteiger partial charge in [0.25, 0.3) is 0 Å². The third-order valence-corrected chi connectivity index (χ3v) is 3.48. The molecule has 1 aromatic heterocycles. The first-order chi connectivity index (χ1) is 9.27. The van der Waals surface area contributed by atoms with Gasteiger partial charge in [0.1, 0.15) is 5.82 Å². The molecule has 0 saturated carbocycles. The molecule has 0 aliphatic carbocycles. The molecule has 0 bridgehead atoms. The fourth-order valence-electron chi connectivity index (χ4n) is 1.75. The first-order valence-electron chi connectivity index (χ1n) is 6.69. The normalized spacial score (nSPS) is 11.6. The second-order valence-corrected chi connectivity index (χ2v) is 5.28. The lowest BCUT2D eigenvalue weighted by molar-refractivity contribution is 0.588. The summed E-state index contributed by atoms with van der Waals surface area (Å²) in [7, 11) is 1.81. The molecule has 0 aliphatic rings. The van der Waals surface area contributed by atoms with Crippen LogP contribution in [0.4, 0.5) is 0 Å². The number of nitrogens with one attached hydrogen (secondary N) is 2. The molecule has 2 N–H and O–H groups in total. The molecule has 0 radical (unpaired) electrons. The number of imidazole rings is 1. The van der Waals surface area contributed by atoms with Crippen LogP contribution in [0.1, 0.15) is 18.7 Å². The van der Waals surface area contributed by atoms with E-state index in [-0.39, 0.29) is 0 Å². The standard InChI is InChI=1S/C13H25N5S/c1-12-15-7-10-18(12)9-5-4-6-16-13(14-2)17-8-11-19-3/h7,10H,4-6,8-9,11H2,1-3H3,(H2,14,16,17). The maximum atomic E-state index is 4.22. The van der Waals surface area contributed by atoms with Gasteiger partial charge in [-0.15, -0.1) is 0 Å². The van der Waals surface area contributed by atoms with Crippen molar-refractivity contribution in [3.05, 3.63) is 18.2 Å². The van der Waals surface area contributed by atoms with E-state index in [9.17, 15) is 0 Å². The second kappa shape index (κ2) is 9.72. The first-order valence-corrected chi connectivity index (χ1v) is 8.08. The molecular weight excluding hydrogens is 258 g/mol. The van der Waals surface area contributed by atoms with Gasteiger partial charge in [0, 0.05) is 44.8 Å². The van der Waals surface area contributed by atoms with Crippen molar-refractivity contribution < 1.29 is 0 Å². The molecule has 108 valence electrons. The van der Waals surface area contributed by atoms with Crippen LogP contribution in [0.5, 0.6) is 0 Å². The van der Waals surface area contributed by atoms with Crippen molar-refractivity contribution in [1.29, 1.82) is 0 Å². The van der Waals surface area contributed by atoms with E-state index in [0.717, 1.165) is 50.0 Å². The minimum absolute atomic E-state index is 0.896. The van der Waals surface area contributed by atoms with Gasteiger partial charge in [-0.1, -0.05) is 0 Å². The summed E-state index contributed by atoms with van der Waals surface area (Å²) in [6.07, 6.45) is 8.26. The zero-order valence-electron chi connectivity index (χ0n) is 12.1. The minimum Gasteiger partial charge on any atom is -0.356 e. The summed E-state index contributed by atoms with van der Waals surface area (Å²) in [6, 6.07) is 0. The molecule has 0 aliphatic heterocycles. The van der Waals surface area contributed by atoms with Gasteiger partial charge >= 0.3 is 0 Å². The predicted molar refractivity (Wildman–Crippen MR) is 83.9 cm³/mol. The summed E-state index contributed by atoms with van der Waals surface area (Å²) < 4.78 is 2.19. The molecule has 1 rings (SSSR count). The Labute approximate surface area is 120 Å². The number of rotatable bonds is 8. The molecule has 1 aromatic rings. The first kappa shape index (κ1) is 15.9. The van der Waals surface area contributed by atoms with Gasteiger partial charge in [-0.25, -0.2) is 4.98 Å². The average molecular weight is 283 g/mol. The smallest absolute Gasteiger partial charge is 0.191 e. The molecule has 1 heterocycles. The highest BCUT2D eigenvalue weighted by atomic mass is 32.2. The molecule has 0 saturated heterocycles. The monoisotopic (exact) mass is 283 g/mol. The molecule has 0 aromatic carbocycles. The molecule has 0 spiro atoms. The van der Waals surface area contributed by atoms with E-state index in [2.05, 4.69) is 31.4 Å². The summed E-state index contributed by atoms with van der Waals surface area (Å²) in [5.41, 5.74) is 0. The van der Waals surface area contributed by atoms with Crippen LogP contribution in [-0.4, -0.2) is 47.7 Å². The largest absolute Gasteiger partial charge is 0.356 e.